The molecule has 0 saturated heterocycles. The minimum Gasteiger partial charge on any atom is -0.355 e. The second-order valence-electron chi connectivity index (χ2n) is 7.11. The van der Waals surface area contributed by atoms with Gasteiger partial charge in [0.2, 0.25) is 5.91 Å². The molecule has 28 heavy (non-hydrogen) atoms. The molecule has 1 aliphatic rings. The maximum absolute atomic E-state index is 13.2. The van der Waals surface area contributed by atoms with Crippen LogP contribution in [-0.2, 0) is 11.2 Å². The summed E-state index contributed by atoms with van der Waals surface area (Å²) in [6.07, 6.45) is 3.34. The highest BCUT2D eigenvalue weighted by atomic mass is 32.2. The Labute approximate surface area is 168 Å². The fraction of sp³-hybridized carbons (Fsp3) is 0.318. The minimum atomic E-state index is -0.115. The zero-order valence-corrected chi connectivity index (χ0v) is 16.7. The van der Waals surface area contributed by atoms with Crippen molar-refractivity contribution in [1.82, 2.24) is 14.9 Å². The number of nitrogens with zero attached hydrogens (tertiary/aromatic N) is 2. The minimum absolute atomic E-state index is 0.0211. The first-order valence-corrected chi connectivity index (χ1v) is 10.6. The van der Waals surface area contributed by atoms with E-state index in [1.807, 2.05) is 42.5 Å². The van der Waals surface area contributed by atoms with Gasteiger partial charge in [-0.2, -0.15) is 0 Å². The first-order valence-electron chi connectivity index (χ1n) is 9.66. The second-order valence-corrected chi connectivity index (χ2v) is 8.05. The van der Waals surface area contributed by atoms with Crippen molar-refractivity contribution in [1.29, 1.82) is 0 Å². The third-order valence-corrected chi connectivity index (χ3v) is 5.90. The van der Waals surface area contributed by atoms with Gasteiger partial charge in [0.1, 0.15) is 0 Å². The van der Waals surface area contributed by atoms with Crippen LogP contribution in [0.5, 0.6) is 0 Å². The zero-order chi connectivity index (χ0) is 19.5. The van der Waals surface area contributed by atoms with Crippen LogP contribution in [0.2, 0.25) is 0 Å². The van der Waals surface area contributed by atoms with Gasteiger partial charge in [-0.3, -0.25) is 14.2 Å². The van der Waals surface area contributed by atoms with Gasteiger partial charge >= 0.3 is 0 Å². The van der Waals surface area contributed by atoms with E-state index in [9.17, 15) is 9.59 Å². The summed E-state index contributed by atoms with van der Waals surface area (Å²) in [5.74, 6) is 0.861. The summed E-state index contributed by atoms with van der Waals surface area (Å²) in [4.78, 5) is 30.0. The van der Waals surface area contributed by atoms with E-state index in [-0.39, 0.29) is 17.2 Å². The molecule has 2 aromatic carbocycles. The smallest absolute Gasteiger partial charge is 0.266 e. The van der Waals surface area contributed by atoms with E-state index in [1.165, 1.54) is 30.2 Å². The Morgan fingerprint density at radius 2 is 1.93 bits per heavy atom. The molecule has 1 saturated carbocycles. The fourth-order valence-corrected chi connectivity index (χ4v) is 3.92. The molecule has 3 aromatic rings. The molecule has 144 valence electrons. The molecule has 1 heterocycles. The number of carbonyl (C=O) groups excluding carboxylic acids is 1. The van der Waals surface area contributed by atoms with E-state index >= 15 is 0 Å². The van der Waals surface area contributed by atoms with Crippen LogP contribution in [0.3, 0.4) is 0 Å². The number of carbonyl (C=O) groups is 1. The number of benzene rings is 2. The second kappa shape index (κ2) is 8.19. The molecule has 4 rings (SSSR count). The summed E-state index contributed by atoms with van der Waals surface area (Å²) >= 11 is 1.30. The van der Waals surface area contributed by atoms with Gasteiger partial charge in [0, 0.05) is 6.54 Å². The van der Waals surface area contributed by atoms with Crippen molar-refractivity contribution >= 4 is 28.6 Å². The number of hydrogen-bond donors (Lipinski definition) is 1. The summed E-state index contributed by atoms with van der Waals surface area (Å²) in [5.41, 5.74) is 2.51. The lowest BCUT2D eigenvalue weighted by Gasteiger charge is -2.13. The normalized spacial score (nSPS) is 13.6. The molecule has 0 spiro atoms. The molecule has 0 radical (unpaired) electrons. The SMILES string of the molecule is CCc1ccc(-n2c(SCC(=O)NCC3CC3)nc3ccccc3c2=O)cc1. The van der Waals surface area contributed by atoms with Crippen molar-refractivity contribution in [3.63, 3.8) is 0 Å². The lowest BCUT2D eigenvalue weighted by atomic mass is 10.1. The van der Waals surface area contributed by atoms with Gasteiger partial charge in [-0.15, -0.1) is 0 Å². The van der Waals surface area contributed by atoms with Gasteiger partial charge in [0.25, 0.3) is 5.56 Å². The van der Waals surface area contributed by atoms with Crippen LogP contribution in [-0.4, -0.2) is 27.8 Å². The molecule has 0 atom stereocenters. The summed E-state index contributed by atoms with van der Waals surface area (Å²) in [5, 5.41) is 4.08. The molecule has 5 nitrogen and oxygen atoms in total. The van der Waals surface area contributed by atoms with Gasteiger partial charge in [-0.05, 0) is 55.0 Å². The standard InChI is InChI=1S/C22H23N3O2S/c1-2-15-9-11-17(12-10-15)25-21(27)18-5-3-4-6-19(18)24-22(25)28-14-20(26)23-13-16-7-8-16/h3-6,9-12,16H,2,7-8,13-14H2,1H3,(H,23,26). The van der Waals surface area contributed by atoms with Gasteiger partial charge in [0.15, 0.2) is 5.16 Å². The van der Waals surface area contributed by atoms with Crippen molar-refractivity contribution < 1.29 is 4.79 Å². The van der Waals surface area contributed by atoms with E-state index in [2.05, 4.69) is 17.2 Å². The number of thioether (sulfide) groups is 1. The lowest BCUT2D eigenvalue weighted by molar-refractivity contribution is -0.118. The van der Waals surface area contributed by atoms with E-state index in [0.29, 0.717) is 22.0 Å². The number of para-hydroxylation sites is 1. The van der Waals surface area contributed by atoms with E-state index in [1.54, 1.807) is 10.6 Å². The summed E-state index contributed by atoms with van der Waals surface area (Å²) < 4.78 is 1.61. The number of rotatable bonds is 7. The Balaban J connectivity index is 1.68. The van der Waals surface area contributed by atoms with Crippen LogP contribution in [0.1, 0.15) is 25.3 Å². The van der Waals surface area contributed by atoms with Gasteiger partial charge in [0.05, 0.1) is 22.3 Å². The molecule has 1 N–H and O–H groups in total. The Morgan fingerprint density at radius 1 is 1.18 bits per heavy atom. The Hall–Kier alpha value is -2.60. The fourth-order valence-electron chi connectivity index (χ4n) is 3.08. The Kier molecular flexibility index (Phi) is 5.48. The average molecular weight is 394 g/mol. The zero-order valence-electron chi connectivity index (χ0n) is 15.9. The van der Waals surface area contributed by atoms with Crippen LogP contribution in [0.25, 0.3) is 16.6 Å². The predicted octanol–water partition coefficient (Wildman–Crippen LogP) is 3.57. The first-order chi connectivity index (χ1) is 13.7. The van der Waals surface area contributed by atoms with Gasteiger partial charge < -0.3 is 5.32 Å². The monoisotopic (exact) mass is 393 g/mol. The Morgan fingerprint density at radius 3 is 2.64 bits per heavy atom. The number of amides is 1. The predicted molar refractivity (Wildman–Crippen MR) is 113 cm³/mol. The maximum atomic E-state index is 13.2. The number of nitrogens with one attached hydrogen (secondary N) is 1. The largest absolute Gasteiger partial charge is 0.355 e. The highest BCUT2D eigenvalue weighted by Crippen LogP contribution is 2.27. The molecular weight excluding hydrogens is 370 g/mol. The topological polar surface area (TPSA) is 64.0 Å². The van der Waals surface area contributed by atoms with Crippen molar-refractivity contribution in [2.24, 2.45) is 5.92 Å². The molecule has 0 unspecified atom stereocenters. The number of aryl methyl sites for hydroxylation is 1. The molecule has 1 aromatic heterocycles. The number of aromatic nitrogens is 2. The van der Waals surface area contributed by atoms with Gasteiger partial charge in [-0.25, -0.2) is 4.98 Å². The van der Waals surface area contributed by atoms with Crippen molar-refractivity contribution in [2.75, 3.05) is 12.3 Å². The third-order valence-electron chi connectivity index (χ3n) is 4.96. The molecular formula is C22H23N3O2S. The Bertz CT molecular complexity index is 1060. The third kappa shape index (κ3) is 4.12. The average Bonchev–Trinajstić information content (AvgIpc) is 3.55. The molecule has 6 heteroatoms. The molecule has 1 aliphatic carbocycles. The molecule has 0 aliphatic heterocycles. The van der Waals surface area contributed by atoms with Crippen LogP contribution < -0.4 is 10.9 Å². The van der Waals surface area contributed by atoms with E-state index < -0.39 is 0 Å². The van der Waals surface area contributed by atoms with Crippen LogP contribution in [0.4, 0.5) is 0 Å². The summed E-state index contributed by atoms with van der Waals surface area (Å²) in [6, 6.07) is 15.3. The van der Waals surface area contributed by atoms with Crippen LogP contribution in [0, 0.1) is 5.92 Å². The number of fused-ring (bicyclic) bond motifs is 1. The quantitative estimate of drug-likeness (QED) is 0.492. The van der Waals surface area contributed by atoms with Crippen LogP contribution in [0.15, 0.2) is 58.5 Å². The molecule has 1 fully saturated rings. The first kappa shape index (κ1) is 18.7. The van der Waals surface area contributed by atoms with E-state index in [0.717, 1.165) is 18.7 Å². The van der Waals surface area contributed by atoms with Crippen LogP contribution >= 0.6 is 11.8 Å². The number of hydrogen-bond acceptors (Lipinski definition) is 4. The molecule has 0 bridgehead atoms. The summed E-state index contributed by atoms with van der Waals surface area (Å²) in [7, 11) is 0. The highest BCUT2D eigenvalue weighted by Gasteiger charge is 2.22. The van der Waals surface area contributed by atoms with E-state index in [4.69, 9.17) is 0 Å². The molecule has 1 amide bonds. The van der Waals surface area contributed by atoms with Gasteiger partial charge in [-0.1, -0.05) is 43.0 Å². The highest BCUT2D eigenvalue weighted by molar-refractivity contribution is 7.99. The van der Waals surface area contributed by atoms with Crippen molar-refractivity contribution in [2.45, 2.75) is 31.3 Å². The summed E-state index contributed by atoms with van der Waals surface area (Å²) in [6.45, 7) is 2.84. The maximum Gasteiger partial charge on any atom is 0.266 e. The van der Waals surface area contributed by atoms with Crippen molar-refractivity contribution in [3.05, 3.63) is 64.4 Å². The lowest BCUT2D eigenvalue weighted by Crippen LogP contribution is -2.28. The van der Waals surface area contributed by atoms with Crippen molar-refractivity contribution in [3.8, 4) is 5.69 Å².